The van der Waals surface area contributed by atoms with Gasteiger partial charge in [-0.15, -0.1) is 0 Å². The standard InChI is InChI=1S/C15H17N3O4/c1-9-4-3-5-11(8-9)16-14(20)10(2)22-15(21)12-6-7-13(19)18-17-12/h3-5,8,10H,6-7H2,1-2H3,(H,16,20)(H,18,19)/t10-/m0/s1. The van der Waals surface area contributed by atoms with Crippen LogP contribution in [0.3, 0.4) is 0 Å². The summed E-state index contributed by atoms with van der Waals surface area (Å²) in [6.07, 6.45) is -0.581. The van der Waals surface area contributed by atoms with Crippen molar-refractivity contribution in [3.63, 3.8) is 0 Å². The van der Waals surface area contributed by atoms with Crippen LogP contribution in [-0.4, -0.2) is 29.6 Å². The normalized spacial score (nSPS) is 15.4. The van der Waals surface area contributed by atoms with E-state index in [-0.39, 0.29) is 24.5 Å². The van der Waals surface area contributed by atoms with E-state index in [2.05, 4.69) is 15.8 Å². The first-order valence-corrected chi connectivity index (χ1v) is 6.89. The molecule has 2 rings (SSSR count). The molecule has 1 aliphatic rings. The molecule has 0 radical (unpaired) electrons. The van der Waals surface area contributed by atoms with Crippen molar-refractivity contribution in [2.75, 3.05) is 5.32 Å². The van der Waals surface area contributed by atoms with Gasteiger partial charge in [0.2, 0.25) is 5.91 Å². The Balaban J connectivity index is 1.91. The number of ether oxygens (including phenoxy) is 1. The Bertz CT molecular complexity index is 639. The van der Waals surface area contributed by atoms with Crippen LogP contribution in [-0.2, 0) is 19.1 Å². The van der Waals surface area contributed by atoms with E-state index in [0.717, 1.165) is 5.56 Å². The molecule has 1 aliphatic heterocycles. The molecule has 0 saturated heterocycles. The summed E-state index contributed by atoms with van der Waals surface area (Å²) in [5.74, 6) is -1.38. The van der Waals surface area contributed by atoms with Crippen LogP contribution in [0.25, 0.3) is 0 Å². The van der Waals surface area contributed by atoms with Crippen molar-refractivity contribution in [1.82, 2.24) is 5.43 Å². The van der Waals surface area contributed by atoms with Gasteiger partial charge in [0.05, 0.1) is 0 Å². The van der Waals surface area contributed by atoms with Crippen LogP contribution >= 0.6 is 0 Å². The third kappa shape index (κ3) is 4.15. The second-order valence-electron chi connectivity index (χ2n) is 5.00. The van der Waals surface area contributed by atoms with Crippen molar-refractivity contribution in [2.45, 2.75) is 32.8 Å². The number of hydrogen-bond donors (Lipinski definition) is 2. The van der Waals surface area contributed by atoms with E-state index < -0.39 is 18.0 Å². The minimum atomic E-state index is -0.964. The summed E-state index contributed by atoms with van der Waals surface area (Å²) >= 11 is 0. The minimum absolute atomic E-state index is 0.106. The second-order valence-corrected chi connectivity index (χ2v) is 5.00. The molecule has 1 heterocycles. The largest absolute Gasteiger partial charge is 0.448 e. The number of esters is 1. The van der Waals surface area contributed by atoms with E-state index in [4.69, 9.17) is 4.74 Å². The molecule has 0 fully saturated rings. The molecule has 0 spiro atoms. The number of anilines is 1. The molecule has 7 heteroatoms. The number of aryl methyl sites for hydroxylation is 1. The van der Waals surface area contributed by atoms with Gasteiger partial charge >= 0.3 is 5.97 Å². The number of nitrogens with zero attached hydrogens (tertiary/aromatic N) is 1. The van der Waals surface area contributed by atoms with Gasteiger partial charge in [-0.3, -0.25) is 9.59 Å². The summed E-state index contributed by atoms with van der Waals surface area (Å²) in [6.45, 7) is 3.39. The first-order valence-electron chi connectivity index (χ1n) is 6.89. The van der Waals surface area contributed by atoms with Crippen molar-refractivity contribution in [3.05, 3.63) is 29.8 Å². The highest BCUT2D eigenvalue weighted by Gasteiger charge is 2.24. The Morgan fingerprint density at radius 1 is 1.36 bits per heavy atom. The van der Waals surface area contributed by atoms with E-state index in [1.165, 1.54) is 6.92 Å². The number of hydrazone groups is 1. The fourth-order valence-corrected chi connectivity index (χ4v) is 1.87. The lowest BCUT2D eigenvalue weighted by atomic mass is 10.2. The summed E-state index contributed by atoms with van der Waals surface area (Å²) in [7, 11) is 0. The highest BCUT2D eigenvalue weighted by molar-refractivity contribution is 6.37. The maximum atomic E-state index is 12.0. The minimum Gasteiger partial charge on any atom is -0.448 e. The van der Waals surface area contributed by atoms with E-state index in [0.29, 0.717) is 5.69 Å². The predicted octanol–water partition coefficient (Wildman–Crippen LogP) is 1.13. The Kier molecular flexibility index (Phi) is 4.88. The zero-order valence-electron chi connectivity index (χ0n) is 12.4. The zero-order valence-corrected chi connectivity index (χ0v) is 12.4. The van der Waals surface area contributed by atoms with Gasteiger partial charge in [-0.25, -0.2) is 10.2 Å². The number of rotatable bonds is 4. The van der Waals surface area contributed by atoms with Crippen molar-refractivity contribution < 1.29 is 19.1 Å². The van der Waals surface area contributed by atoms with Gasteiger partial charge in [0, 0.05) is 18.5 Å². The summed E-state index contributed by atoms with van der Waals surface area (Å²) in [5, 5.41) is 6.30. The zero-order chi connectivity index (χ0) is 16.1. The average molecular weight is 303 g/mol. The lowest BCUT2D eigenvalue weighted by Gasteiger charge is -2.16. The first kappa shape index (κ1) is 15.7. The molecule has 0 unspecified atom stereocenters. The van der Waals surface area contributed by atoms with Gasteiger partial charge in [0.25, 0.3) is 5.91 Å². The van der Waals surface area contributed by atoms with Crippen molar-refractivity contribution >= 4 is 29.2 Å². The fourth-order valence-electron chi connectivity index (χ4n) is 1.87. The van der Waals surface area contributed by atoms with Gasteiger partial charge in [0.1, 0.15) is 5.71 Å². The predicted molar refractivity (Wildman–Crippen MR) is 80.2 cm³/mol. The van der Waals surface area contributed by atoms with Crippen LogP contribution in [0.2, 0.25) is 0 Å². The smallest absolute Gasteiger partial charge is 0.355 e. The maximum absolute atomic E-state index is 12.0. The van der Waals surface area contributed by atoms with Crippen molar-refractivity contribution in [1.29, 1.82) is 0 Å². The van der Waals surface area contributed by atoms with Gasteiger partial charge in [-0.05, 0) is 31.5 Å². The molecule has 116 valence electrons. The average Bonchev–Trinajstić information content (AvgIpc) is 2.47. The van der Waals surface area contributed by atoms with Crippen LogP contribution in [0.5, 0.6) is 0 Å². The van der Waals surface area contributed by atoms with Crippen LogP contribution in [0.4, 0.5) is 5.69 Å². The summed E-state index contributed by atoms with van der Waals surface area (Å²) < 4.78 is 5.06. The lowest BCUT2D eigenvalue weighted by molar-refractivity contribution is -0.146. The fraction of sp³-hybridized carbons (Fsp3) is 0.333. The van der Waals surface area contributed by atoms with E-state index in [1.807, 2.05) is 25.1 Å². The number of hydrogen-bond acceptors (Lipinski definition) is 5. The highest BCUT2D eigenvalue weighted by Crippen LogP contribution is 2.11. The Morgan fingerprint density at radius 3 is 2.77 bits per heavy atom. The molecule has 1 atom stereocenters. The van der Waals surface area contributed by atoms with Crippen LogP contribution in [0.15, 0.2) is 29.4 Å². The molecular weight excluding hydrogens is 286 g/mol. The summed E-state index contributed by atoms with van der Waals surface area (Å²) in [6, 6.07) is 7.29. The van der Waals surface area contributed by atoms with Gasteiger partial charge in [0.15, 0.2) is 6.10 Å². The molecule has 0 saturated carbocycles. The third-order valence-corrected chi connectivity index (χ3v) is 3.08. The van der Waals surface area contributed by atoms with Gasteiger partial charge in [-0.1, -0.05) is 12.1 Å². The van der Waals surface area contributed by atoms with Crippen LogP contribution in [0, 0.1) is 6.92 Å². The lowest BCUT2D eigenvalue weighted by Crippen LogP contribution is -2.35. The van der Waals surface area contributed by atoms with Crippen molar-refractivity contribution in [3.8, 4) is 0 Å². The molecule has 7 nitrogen and oxygen atoms in total. The van der Waals surface area contributed by atoms with Gasteiger partial charge in [-0.2, -0.15) is 5.10 Å². The molecule has 0 aliphatic carbocycles. The van der Waals surface area contributed by atoms with Crippen LogP contribution in [0.1, 0.15) is 25.3 Å². The maximum Gasteiger partial charge on any atom is 0.355 e. The molecule has 2 N–H and O–H groups in total. The highest BCUT2D eigenvalue weighted by atomic mass is 16.5. The van der Waals surface area contributed by atoms with E-state index >= 15 is 0 Å². The number of benzene rings is 1. The molecular formula is C15H17N3O4. The molecule has 2 amide bonds. The topological polar surface area (TPSA) is 96.9 Å². The SMILES string of the molecule is Cc1cccc(NC(=O)[C@H](C)OC(=O)C2=NNC(=O)CC2)c1. The van der Waals surface area contributed by atoms with E-state index in [9.17, 15) is 14.4 Å². The third-order valence-electron chi connectivity index (χ3n) is 3.08. The first-order chi connectivity index (χ1) is 10.5. The Labute approximate surface area is 127 Å². The monoisotopic (exact) mass is 303 g/mol. The van der Waals surface area contributed by atoms with Gasteiger partial charge < -0.3 is 10.1 Å². The molecule has 0 bridgehead atoms. The second kappa shape index (κ2) is 6.84. The summed E-state index contributed by atoms with van der Waals surface area (Å²) in [5.41, 5.74) is 3.96. The number of carbonyl (C=O) groups excluding carboxylic acids is 3. The molecule has 0 aromatic heterocycles. The number of amides is 2. The van der Waals surface area contributed by atoms with Crippen LogP contribution < -0.4 is 10.7 Å². The van der Waals surface area contributed by atoms with Crippen molar-refractivity contribution in [2.24, 2.45) is 5.10 Å². The quantitative estimate of drug-likeness (QED) is 0.815. The molecule has 22 heavy (non-hydrogen) atoms. The Hall–Kier alpha value is -2.70. The van der Waals surface area contributed by atoms with E-state index in [1.54, 1.807) is 6.07 Å². The summed E-state index contributed by atoms with van der Waals surface area (Å²) in [4.78, 5) is 34.8. The molecule has 1 aromatic rings. The number of carbonyl (C=O) groups is 3. The Morgan fingerprint density at radius 2 is 2.14 bits per heavy atom. The number of nitrogens with one attached hydrogen (secondary N) is 2. The molecule has 1 aromatic carbocycles.